The van der Waals surface area contributed by atoms with Crippen molar-refractivity contribution in [3.8, 4) is 0 Å². The summed E-state index contributed by atoms with van der Waals surface area (Å²) in [6, 6.07) is 3.86. The molecule has 0 N–H and O–H groups in total. The highest BCUT2D eigenvalue weighted by Crippen LogP contribution is 2.31. The van der Waals surface area contributed by atoms with Crippen LogP contribution in [-0.4, -0.2) is 25.7 Å². The van der Waals surface area contributed by atoms with Gasteiger partial charge < -0.3 is 0 Å². The molecule has 0 spiro atoms. The maximum atomic E-state index is 13.1. The molecule has 110 valence electrons. The number of benzene rings is 1. The smallest absolute Gasteiger partial charge is 0.166 e. The molecule has 2 unspecified atom stereocenters. The van der Waals surface area contributed by atoms with E-state index < -0.39 is 20.9 Å². The summed E-state index contributed by atoms with van der Waals surface area (Å²) in [5.41, 5.74) is 0.343. The first-order valence-electron chi connectivity index (χ1n) is 6.47. The predicted octanol–water partition coefficient (Wildman–Crippen LogP) is 3.27. The third-order valence-electron chi connectivity index (χ3n) is 3.81. The van der Waals surface area contributed by atoms with Gasteiger partial charge in [-0.1, -0.05) is 18.0 Å². The van der Waals surface area contributed by atoms with Crippen molar-refractivity contribution in [2.45, 2.75) is 30.9 Å². The van der Waals surface area contributed by atoms with Gasteiger partial charge in [0.15, 0.2) is 5.78 Å². The molecular formula is C14H16ClFO3S. The molecule has 1 saturated carbocycles. The topological polar surface area (TPSA) is 51.2 Å². The van der Waals surface area contributed by atoms with Crippen molar-refractivity contribution < 1.29 is 17.6 Å². The van der Waals surface area contributed by atoms with Crippen LogP contribution in [0.3, 0.4) is 0 Å². The van der Waals surface area contributed by atoms with Crippen molar-refractivity contribution >= 4 is 27.2 Å². The van der Waals surface area contributed by atoms with Crippen LogP contribution in [0.1, 0.15) is 36.0 Å². The highest BCUT2D eigenvalue weighted by Gasteiger charge is 2.32. The Bertz CT molecular complexity index is 627. The first kappa shape index (κ1) is 15.4. The minimum atomic E-state index is -3.13. The lowest BCUT2D eigenvalue weighted by Gasteiger charge is -2.27. The number of sulfone groups is 1. The minimum Gasteiger partial charge on any atom is -0.294 e. The third-order valence-corrected chi connectivity index (χ3v) is 5.74. The number of carbonyl (C=O) groups excluding carboxylic acids is 1. The Labute approximate surface area is 123 Å². The molecule has 1 aliphatic carbocycles. The molecule has 3 nitrogen and oxygen atoms in total. The fraction of sp³-hybridized carbons (Fsp3) is 0.500. The molecule has 0 aliphatic heterocycles. The van der Waals surface area contributed by atoms with Crippen LogP contribution in [-0.2, 0) is 9.84 Å². The largest absolute Gasteiger partial charge is 0.294 e. The molecule has 1 aliphatic rings. The van der Waals surface area contributed by atoms with Crippen molar-refractivity contribution in [1.29, 1.82) is 0 Å². The number of hydrogen-bond acceptors (Lipinski definition) is 3. The Kier molecular flexibility index (Phi) is 4.49. The second-order valence-corrected chi connectivity index (χ2v) is 8.04. The molecule has 0 heterocycles. The first-order valence-corrected chi connectivity index (χ1v) is 8.80. The van der Waals surface area contributed by atoms with Gasteiger partial charge in [-0.2, -0.15) is 0 Å². The summed E-state index contributed by atoms with van der Waals surface area (Å²) >= 11 is 5.67. The van der Waals surface area contributed by atoms with Crippen LogP contribution in [0.5, 0.6) is 0 Å². The summed E-state index contributed by atoms with van der Waals surface area (Å²) in [6.07, 6.45) is 3.53. The second-order valence-electron chi connectivity index (χ2n) is 5.31. The van der Waals surface area contributed by atoms with E-state index >= 15 is 0 Å². The third kappa shape index (κ3) is 3.38. The Morgan fingerprint density at radius 3 is 2.65 bits per heavy atom. The highest BCUT2D eigenvalue weighted by molar-refractivity contribution is 7.91. The Morgan fingerprint density at radius 1 is 1.35 bits per heavy atom. The van der Waals surface area contributed by atoms with Crippen molar-refractivity contribution in [1.82, 2.24) is 0 Å². The number of halogens is 2. The van der Waals surface area contributed by atoms with Crippen LogP contribution < -0.4 is 0 Å². The van der Waals surface area contributed by atoms with E-state index in [1.165, 1.54) is 18.4 Å². The molecule has 20 heavy (non-hydrogen) atoms. The van der Waals surface area contributed by atoms with Crippen LogP contribution in [0, 0.1) is 11.7 Å². The summed E-state index contributed by atoms with van der Waals surface area (Å²) in [5.74, 6) is -1.05. The van der Waals surface area contributed by atoms with E-state index in [2.05, 4.69) is 0 Å². The maximum Gasteiger partial charge on any atom is 0.166 e. The zero-order valence-corrected chi connectivity index (χ0v) is 12.7. The minimum absolute atomic E-state index is 0.0914. The number of Topliss-reactive ketones (excluding diaryl/α,β-unsaturated/α-hetero) is 1. The Balaban J connectivity index is 2.18. The van der Waals surface area contributed by atoms with Gasteiger partial charge in [0.2, 0.25) is 0 Å². The summed E-state index contributed by atoms with van der Waals surface area (Å²) in [7, 11) is -3.13. The Morgan fingerprint density at radius 2 is 2.05 bits per heavy atom. The fourth-order valence-corrected chi connectivity index (χ4v) is 4.01. The van der Waals surface area contributed by atoms with Crippen LogP contribution in [0.4, 0.5) is 4.39 Å². The monoisotopic (exact) mass is 318 g/mol. The molecule has 0 amide bonds. The van der Waals surface area contributed by atoms with Gasteiger partial charge >= 0.3 is 0 Å². The lowest BCUT2D eigenvalue weighted by Crippen LogP contribution is -2.31. The molecule has 0 radical (unpaired) electrons. The second kappa shape index (κ2) is 5.82. The summed E-state index contributed by atoms with van der Waals surface area (Å²) in [6.45, 7) is 0. The standard InChI is InChI=1S/C14H16ClFO3S/c1-20(18,19)11-4-2-3-9(7-11)14(17)10-5-6-13(16)12(15)8-10/h5-6,8-9,11H,2-4,7H2,1H3. The van der Waals surface area contributed by atoms with Crippen LogP contribution in [0.25, 0.3) is 0 Å². The lowest BCUT2D eigenvalue weighted by molar-refractivity contribution is 0.0891. The van der Waals surface area contributed by atoms with Crippen molar-refractivity contribution in [3.63, 3.8) is 0 Å². The van der Waals surface area contributed by atoms with Gasteiger partial charge in [-0.05, 0) is 37.5 Å². The van der Waals surface area contributed by atoms with Gasteiger partial charge in [0, 0.05) is 17.7 Å². The zero-order chi connectivity index (χ0) is 14.9. The first-order chi connectivity index (χ1) is 9.29. The van der Waals surface area contributed by atoms with Crippen molar-refractivity contribution in [2.24, 2.45) is 5.92 Å². The molecule has 0 bridgehead atoms. The highest BCUT2D eigenvalue weighted by atomic mass is 35.5. The number of rotatable bonds is 3. The average Bonchev–Trinajstić information content (AvgIpc) is 2.40. The molecule has 0 saturated heterocycles. The number of carbonyl (C=O) groups is 1. The van der Waals surface area contributed by atoms with Crippen molar-refractivity contribution in [2.75, 3.05) is 6.26 Å². The fourth-order valence-electron chi connectivity index (χ4n) is 2.66. The number of hydrogen-bond donors (Lipinski definition) is 0. The van der Waals surface area contributed by atoms with E-state index in [0.717, 1.165) is 6.07 Å². The number of ketones is 1. The van der Waals surface area contributed by atoms with Crippen molar-refractivity contribution in [3.05, 3.63) is 34.6 Å². The quantitative estimate of drug-likeness (QED) is 0.804. The molecule has 2 rings (SSSR count). The van der Waals surface area contributed by atoms with E-state index in [4.69, 9.17) is 11.6 Å². The van der Waals surface area contributed by atoms with Gasteiger partial charge in [0.05, 0.1) is 10.3 Å². The predicted molar refractivity (Wildman–Crippen MR) is 76.3 cm³/mol. The zero-order valence-electron chi connectivity index (χ0n) is 11.1. The molecule has 1 aromatic rings. The van der Waals surface area contributed by atoms with Crippen LogP contribution in [0.2, 0.25) is 5.02 Å². The van der Waals surface area contributed by atoms with Crippen LogP contribution >= 0.6 is 11.6 Å². The van der Waals surface area contributed by atoms with Gasteiger partial charge in [-0.25, -0.2) is 12.8 Å². The average molecular weight is 319 g/mol. The SMILES string of the molecule is CS(=O)(=O)C1CCCC(C(=O)c2ccc(F)c(Cl)c2)C1. The molecule has 2 atom stereocenters. The Hall–Kier alpha value is -0.940. The van der Waals surface area contributed by atoms with Crippen LogP contribution in [0.15, 0.2) is 18.2 Å². The maximum absolute atomic E-state index is 13.1. The van der Waals surface area contributed by atoms with Gasteiger partial charge in [-0.3, -0.25) is 4.79 Å². The van der Waals surface area contributed by atoms with E-state index in [1.54, 1.807) is 0 Å². The van der Waals surface area contributed by atoms with E-state index in [-0.39, 0.29) is 16.7 Å². The summed E-state index contributed by atoms with van der Waals surface area (Å²) in [4.78, 5) is 12.4. The van der Waals surface area contributed by atoms with Gasteiger partial charge in [0.25, 0.3) is 0 Å². The lowest BCUT2D eigenvalue weighted by atomic mass is 9.83. The molecule has 1 aromatic carbocycles. The summed E-state index contributed by atoms with van der Waals surface area (Å²) in [5, 5.41) is -0.549. The van der Waals surface area contributed by atoms with E-state index in [0.29, 0.717) is 31.2 Å². The summed E-state index contributed by atoms with van der Waals surface area (Å²) < 4.78 is 36.3. The molecule has 6 heteroatoms. The van der Waals surface area contributed by atoms with E-state index in [9.17, 15) is 17.6 Å². The van der Waals surface area contributed by atoms with E-state index in [1.807, 2.05) is 0 Å². The molecule has 0 aromatic heterocycles. The van der Waals surface area contributed by atoms with Gasteiger partial charge in [0.1, 0.15) is 15.7 Å². The normalized spacial score (nSPS) is 23.6. The van der Waals surface area contributed by atoms with Gasteiger partial charge in [-0.15, -0.1) is 0 Å². The molecular weight excluding hydrogens is 303 g/mol. The molecule has 1 fully saturated rings.